The highest BCUT2D eigenvalue weighted by atomic mass is 79.9. The van der Waals surface area contributed by atoms with E-state index < -0.39 is 0 Å². The van der Waals surface area contributed by atoms with Gasteiger partial charge in [-0.05, 0) is 35.7 Å². The van der Waals surface area contributed by atoms with Crippen LogP contribution in [0.5, 0.6) is 0 Å². The van der Waals surface area contributed by atoms with E-state index >= 15 is 0 Å². The van der Waals surface area contributed by atoms with Gasteiger partial charge in [0.15, 0.2) is 0 Å². The predicted octanol–water partition coefficient (Wildman–Crippen LogP) is 5.89. The molecule has 0 aliphatic carbocycles. The van der Waals surface area contributed by atoms with E-state index in [4.69, 9.17) is 0 Å². The Hall–Kier alpha value is -0.120. The molecular formula is C14H11Br3. The maximum absolute atomic E-state index is 3.75. The fraction of sp³-hybridized carbons (Fsp3) is 0.143. The maximum Gasteiger partial charge on any atom is 0.0446 e. The van der Waals surface area contributed by atoms with Gasteiger partial charge in [0.05, 0.1) is 0 Å². The molecule has 0 aliphatic rings. The number of hydrogen-bond donors (Lipinski definition) is 0. The highest BCUT2D eigenvalue weighted by molar-refractivity contribution is 9.11. The molecule has 0 saturated carbocycles. The largest absolute Gasteiger partial charge is 0.0835 e. The zero-order chi connectivity index (χ0) is 12.3. The van der Waals surface area contributed by atoms with E-state index in [-0.39, 0.29) is 0 Å². The summed E-state index contributed by atoms with van der Waals surface area (Å²) in [5.74, 6) is 0. The molecule has 1 unspecified atom stereocenters. The predicted molar refractivity (Wildman–Crippen MR) is 83.7 cm³/mol. The van der Waals surface area contributed by atoms with E-state index in [2.05, 4.69) is 90.3 Å². The van der Waals surface area contributed by atoms with Gasteiger partial charge in [-0.25, -0.2) is 0 Å². The minimum Gasteiger partial charge on any atom is -0.0835 e. The van der Waals surface area contributed by atoms with E-state index in [1.165, 1.54) is 11.1 Å². The van der Waals surface area contributed by atoms with Gasteiger partial charge >= 0.3 is 0 Å². The molecule has 0 aliphatic heterocycles. The molecule has 2 aromatic rings. The fourth-order valence-electron chi connectivity index (χ4n) is 1.67. The average Bonchev–Trinajstić information content (AvgIpc) is 2.32. The summed E-state index contributed by atoms with van der Waals surface area (Å²) in [5.41, 5.74) is 2.61. The molecule has 0 saturated heterocycles. The monoisotopic (exact) mass is 416 g/mol. The second-order valence-corrected chi connectivity index (χ2v) is 6.69. The zero-order valence-corrected chi connectivity index (χ0v) is 13.8. The van der Waals surface area contributed by atoms with Gasteiger partial charge in [-0.15, -0.1) is 0 Å². The van der Waals surface area contributed by atoms with Crippen LogP contribution in [0.15, 0.2) is 57.5 Å². The number of benzene rings is 2. The molecule has 0 N–H and O–H groups in total. The maximum atomic E-state index is 3.75. The van der Waals surface area contributed by atoms with Crippen molar-refractivity contribution in [2.75, 3.05) is 0 Å². The van der Waals surface area contributed by atoms with Crippen molar-refractivity contribution in [3.05, 3.63) is 68.6 Å². The third-order valence-corrected chi connectivity index (χ3v) is 4.64. The Labute approximate surface area is 127 Å². The van der Waals surface area contributed by atoms with Crippen molar-refractivity contribution in [2.45, 2.75) is 11.2 Å². The SMILES string of the molecule is Brc1ccc(CC(Br)c2ccccc2Br)cc1. The van der Waals surface area contributed by atoms with Crippen LogP contribution in [-0.4, -0.2) is 0 Å². The standard InChI is InChI=1S/C14H11Br3/c15-11-7-5-10(6-8-11)9-14(17)12-3-1-2-4-13(12)16/h1-8,14H,9H2. The van der Waals surface area contributed by atoms with Gasteiger partial charge < -0.3 is 0 Å². The van der Waals surface area contributed by atoms with Crippen LogP contribution in [0.2, 0.25) is 0 Å². The van der Waals surface area contributed by atoms with Crippen molar-refractivity contribution >= 4 is 47.8 Å². The molecule has 2 rings (SSSR count). The van der Waals surface area contributed by atoms with Gasteiger partial charge in [-0.1, -0.05) is 78.1 Å². The first-order chi connectivity index (χ1) is 8.16. The van der Waals surface area contributed by atoms with Crippen molar-refractivity contribution in [3.8, 4) is 0 Å². The molecule has 17 heavy (non-hydrogen) atoms. The summed E-state index contributed by atoms with van der Waals surface area (Å²) in [6.45, 7) is 0. The van der Waals surface area contributed by atoms with Crippen LogP contribution in [0.1, 0.15) is 16.0 Å². The number of halogens is 3. The third-order valence-electron chi connectivity index (χ3n) is 2.57. The second kappa shape index (κ2) is 6.17. The molecule has 0 nitrogen and oxygen atoms in total. The molecule has 1 atom stereocenters. The van der Waals surface area contributed by atoms with Crippen molar-refractivity contribution in [2.24, 2.45) is 0 Å². The highest BCUT2D eigenvalue weighted by Gasteiger charge is 2.11. The Morgan fingerprint density at radius 2 is 1.53 bits per heavy atom. The summed E-state index contributed by atoms with van der Waals surface area (Å²) in [6, 6.07) is 16.8. The lowest BCUT2D eigenvalue weighted by atomic mass is 10.0. The van der Waals surface area contributed by atoms with E-state index in [1.54, 1.807) is 0 Å². The summed E-state index contributed by atoms with van der Waals surface area (Å²) in [4.78, 5) is 0.333. The Morgan fingerprint density at radius 3 is 2.18 bits per heavy atom. The number of rotatable bonds is 3. The van der Waals surface area contributed by atoms with E-state index in [0.717, 1.165) is 15.4 Å². The van der Waals surface area contributed by atoms with Gasteiger partial charge in [-0.2, -0.15) is 0 Å². The molecule has 0 radical (unpaired) electrons. The van der Waals surface area contributed by atoms with Crippen molar-refractivity contribution in [3.63, 3.8) is 0 Å². The highest BCUT2D eigenvalue weighted by Crippen LogP contribution is 2.32. The van der Waals surface area contributed by atoms with E-state index in [9.17, 15) is 0 Å². The molecule has 88 valence electrons. The topological polar surface area (TPSA) is 0 Å². The lowest BCUT2D eigenvalue weighted by Crippen LogP contribution is -1.96. The zero-order valence-electron chi connectivity index (χ0n) is 9.04. The Balaban J connectivity index is 2.14. The van der Waals surface area contributed by atoms with Crippen LogP contribution in [0.3, 0.4) is 0 Å². The quantitative estimate of drug-likeness (QED) is 0.545. The summed E-state index contributed by atoms with van der Waals surface area (Å²) < 4.78 is 2.27. The lowest BCUT2D eigenvalue weighted by Gasteiger charge is -2.12. The van der Waals surface area contributed by atoms with Crippen molar-refractivity contribution in [1.29, 1.82) is 0 Å². The first kappa shape index (κ1) is 13.3. The smallest absolute Gasteiger partial charge is 0.0446 e. The molecule has 0 amide bonds. The normalized spacial score (nSPS) is 12.4. The first-order valence-electron chi connectivity index (χ1n) is 5.30. The molecule has 3 heteroatoms. The van der Waals surface area contributed by atoms with Crippen molar-refractivity contribution in [1.82, 2.24) is 0 Å². The van der Waals surface area contributed by atoms with Gasteiger partial charge in [0.25, 0.3) is 0 Å². The number of hydrogen-bond acceptors (Lipinski definition) is 0. The van der Waals surface area contributed by atoms with Gasteiger partial charge in [0, 0.05) is 13.8 Å². The summed E-state index contributed by atoms with van der Waals surface area (Å²) >= 11 is 10.8. The third kappa shape index (κ3) is 3.67. The van der Waals surface area contributed by atoms with Crippen LogP contribution in [0.25, 0.3) is 0 Å². The van der Waals surface area contributed by atoms with E-state index in [1.807, 2.05) is 6.07 Å². The van der Waals surface area contributed by atoms with Crippen LogP contribution >= 0.6 is 47.8 Å². The molecule has 2 aromatic carbocycles. The molecule has 0 fully saturated rings. The van der Waals surface area contributed by atoms with Crippen LogP contribution < -0.4 is 0 Å². The lowest BCUT2D eigenvalue weighted by molar-refractivity contribution is 0.943. The summed E-state index contributed by atoms with van der Waals surface area (Å²) in [5, 5.41) is 0. The fourth-order valence-corrected chi connectivity index (χ4v) is 3.57. The molecular weight excluding hydrogens is 408 g/mol. The minimum atomic E-state index is 0.333. The summed E-state index contributed by atoms with van der Waals surface area (Å²) in [7, 11) is 0. The van der Waals surface area contributed by atoms with Crippen LogP contribution in [0.4, 0.5) is 0 Å². The molecule has 0 bridgehead atoms. The Morgan fingerprint density at radius 1 is 0.882 bits per heavy atom. The van der Waals surface area contributed by atoms with E-state index in [0.29, 0.717) is 4.83 Å². The molecule has 0 spiro atoms. The van der Waals surface area contributed by atoms with Crippen LogP contribution in [0, 0.1) is 0 Å². The molecule has 0 heterocycles. The van der Waals surface area contributed by atoms with Gasteiger partial charge in [0.2, 0.25) is 0 Å². The first-order valence-corrected chi connectivity index (χ1v) is 7.80. The molecule has 0 aromatic heterocycles. The van der Waals surface area contributed by atoms with Crippen LogP contribution in [-0.2, 0) is 6.42 Å². The number of alkyl halides is 1. The summed E-state index contributed by atoms with van der Waals surface area (Å²) in [6.07, 6.45) is 0.982. The Bertz CT molecular complexity index is 491. The van der Waals surface area contributed by atoms with Crippen molar-refractivity contribution < 1.29 is 0 Å². The Kier molecular flexibility index (Phi) is 4.83. The average molecular weight is 419 g/mol. The van der Waals surface area contributed by atoms with Gasteiger partial charge in [-0.3, -0.25) is 0 Å². The minimum absolute atomic E-state index is 0.333. The van der Waals surface area contributed by atoms with Gasteiger partial charge in [0.1, 0.15) is 0 Å². The second-order valence-electron chi connectivity index (χ2n) is 3.82.